The van der Waals surface area contributed by atoms with E-state index in [0.29, 0.717) is 10.0 Å². The third-order valence-corrected chi connectivity index (χ3v) is 3.91. The number of halogens is 3. The summed E-state index contributed by atoms with van der Waals surface area (Å²) in [6.07, 6.45) is 0.760. The first-order chi connectivity index (χ1) is 8.58. The average Bonchev–Trinajstić information content (AvgIpc) is 2.32. The zero-order valence-electron chi connectivity index (χ0n) is 9.96. The van der Waals surface area contributed by atoms with E-state index < -0.39 is 0 Å². The number of alkyl halides is 1. The summed E-state index contributed by atoms with van der Waals surface area (Å²) in [4.78, 5) is 0. The van der Waals surface area contributed by atoms with Gasteiger partial charge in [-0.15, -0.1) is 11.6 Å². The van der Waals surface area contributed by atoms with Gasteiger partial charge in [0.05, 0.1) is 5.38 Å². The molecule has 0 spiro atoms. The number of hydrogen-bond acceptors (Lipinski definition) is 0. The molecule has 0 aromatic heterocycles. The lowest BCUT2D eigenvalue weighted by Gasteiger charge is -2.13. The summed E-state index contributed by atoms with van der Waals surface area (Å²) in [5.74, 6) is 0. The maximum Gasteiger partial charge on any atom is 0.0640 e. The lowest BCUT2D eigenvalue weighted by atomic mass is 10.0. The average molecular weight is 300 g/mol. The Labute approximate surface area is 122 Å². The van der Waals surface area contributed by atoms with Gasteiger partial charge in [-0.05, 0) is 42.2 Å². The minimum absolute atomic E-state index is 0.143. The summed E-state index contributed by atoms with van der Waals surface area (Å²) in [6.45, 7) is 2.09. The Morgan fingerprint density at radius 1 is 1.06 bits per heavy atom. The molecule has 2 aromatic rings. The van der Waals surface area contributed by atoms with Crippen LogP contribution in [0.1, 0.15) is 22.1 Å². The fraction of sp³-hybridized carbons (Fsp3) is 0.200. The molecule has 0 heterocycles. The van der Waals surface area contributed by atoms with E-state index in [9.17, 15) is 0 Å². The third kappa shape index (κ3) is 3.20. The SMILES string of the molecule is Cc1ccccc1CC(Cl)c1ccc(Cl)cc1Cl. The molecule has 0 amide bonds. The quantitative estimate of drug-likeness (QED) is 0.626. The van der Waals surface area contributed by atoms with Crippen LogP contribution < -0.4 is 0 Å². The van der Waals surface area contributed by atoms with Crippen molar-refractivity contribution in [3.05, 3.63) is 69.2 Å². The molecule has 0 bridgehead atoms. The largest absolute Gasteiger partial charge is 0.117 e. The van der Waals surface area contributed by atoms with E-state index in [-0.39, 0.29) is 5.38 Å². The molecular formula is C15H13Cl3. The molecule has 94 valence electrons. The molecule has 0 aliphatic rings. The summed E-state index contributed by atoms with van der Waals surface area (Å²) >= 11 is 18.5. The number of benzene rings is 2. The van der Waals surface area contributed by atoms with Crippen molar-refractivity contribution < 1.29 is 0 Å². The maximum atomic E-state index is 6.44. The van der Waals surface area contributed by atoms with Gasteiger partial charge in [-0.2, -0.15) is 0 Å². The highest BCUT2D eigenvalue weighted by Crippen LogP contribution is 2.33. The zero-order chi connectivity index (χ0) is 13.1. The van der Waals surface area contributed by atoms with Gasteiger partial charge >= 0.3 is 0 Å². The second-order valence-corrected chi connectivity index (χ2v) is 5.63. The minimum atomic E-state index is -0.143. The van der Waals surface area contributed by atoms with Gasteiger partial charge in [0.15, 0.2) is 0 Å². The van der Waals surface area contributed by atoms with Gasteiger partial charge in [-0.1, -0.05) is 53.5 Å². The Morgan fingerprint density at radius 2 is 1.78 bits per heavy atom. The van der Waals surface area contributed by atoms with Gasteiger partial charge in [0.2, 0.25) is 0 Å². The van der Waals surface area contributed by atoms with Crippen LogP contribution in [0.3, 0.4) is 0 Å². The second kappa shape index (κ2) is 5.97. The van der Waals surface area contributed by atoms with E-state index >= 15 is 0 Å². The predicted molar refractivity (Wildman–Crippen MR) is 79.9 cm³/mol. The Morgan fingerprint density at radius 3 is 2.44 bits per heavy atom. The van der Waals surface area contributed by atoms with Gasteiger partial charge in [0, 0.05) is 10.0 Å². The van der Waals surface area contributed by atoms with Crippen molar-refractivity contribution in [2.24, 2.45) is 0 Å². The minimum Gasteiger partial charge on any atom is -0.117 e. The fourth-order valence-electron chi connectivity index (χ4n) is 1.90. The lowest BCUT2D eigenvalue weighted by Crippen LogP contribution is -1.98. The zero-order valence-corrected chi connectivity index (χ0v) is 12.2. The van der Waals surface area contributed by atoms with E-state index in [4.69, 9.17) is 34.8 Å². The Kier molecular flexibility index (Phi) is 4.55. The van der Waals surface area contributed by atoms with Crippen molar-refractivity contribution in [2.45, 2.75) is 18.7 Å². The first-order valence-electron chi connectivity index (χ1n) is 5.71. The van der Waals surface area contributed by atoms with E-state index in [1.54, 1.807) is 6.07 Å². The van der Waals surface area contributed by atoms with Crippen LogP contribution in [-0.4, -0.2) is 0 Å². The second-order valence-electron chi connectivity index (χ2n) is 4.26. The van der Waals surface area contributed by atoms with Crippen LogP contribution in [0.5, 0.6) is 0 Å². The molecular weight excluding hydrogens is 287 g/mol. The molecule has 1 atom stereocenters. The van der Waals surface area contributed by atoms with Gasteiger partial charge in [-0.25, -0.2) is 0 Å². The van der Waals surface area contributed by atoms with Crippen LogP contribution in [0.25, 0.3) is 0 Å². The van der Waals surface area contributed by atoms with Crippen LogP contribution >= 0.6 is 34.8 Å². The standard InChI is InChI=1S/C15H13Cl3/c1-10-4-2-3-5-11(10)8-14(17)13-7-6-12(16)9-15(13)18/h2-7,9,14H,8H2,1H3. The Balaban J connectivity index is 2.22. The topological polar surface area (TPSA) is 0 Å². The summed E-state index contributed by atoms with van der Waals surface area (Å²) in [6, 6.07) is 13.7. The van der Waals surface area contributed by atoms with E-state index in [2.05, 4.69) is 19.1 Å². The van der Waals surface area contributed by atoms with Gasteiger partial charge in [-0.3, -0.25) is 0 Å². The third-order valence-electron chi connectivity index (χ3n) is 2.96. The predicted octanol–water partition coefficient (Wildman–Crippen LogP) is 5.82. The van der Waals surface area contributed by atoms with Crippen molar-refractivity contribution >= 4 is 34.8 Å². The molecule has 0 fully saturated rings. The number of rotatable bonds is 3. The lowest BCUT2D eigenvalue weighted by molar-refractivity contribution is 0.911. The highest BCUT2D eigenvalue weighted by Gasteiger charge is 2.13. The van der Waals surface area contributed by atoms with Crippen LogP contribution in [-0.2, 0) is 6.42 Å². The maximum absolute atomic E-state index is 6.44. The number of aryl methyl sites for hydroxylation is 1. The molecule has 0 saturated heterocycles. The molecule has 0 N–H and O–H groups in total. The fourth-order valence-corrected chi connectivity index (χ4v) is 2.85. The molecule has 0 aliphatic carbocycles. The molecule has 1 unspecified atom stereocenters. The van der Waals surface area contributed by atoms with Gasteiger partial charge in [0.1, 0.15) is 0 Å². The van der Waals surface area contributed by atoms with Crippen molar-refractivity contribution in [3.63, 3.8) is 0 Å². The van der Waals surface area contributed by atoms with Crippen LogP contribution in [0, 0.1) is 6.92 Å². The first-order valence-corrected chi connectivity index (χ1v) is 6.90. The molecule has 2 aromatic carbocycles. The molecule has 0 radical (unpaired) electrons. The normalized spacial score (nSPS) is 12.4. The van der Waals surface area contributed by atoms with E-state index in [1.165, 1.54) is 11.1 Å². The van der Waals surface area contributed by atoms with Crippen LogP contribution in [0.15, 0.2) is 42.5 Å². The smallest absolute Gasteiger partial charge is 0.0640 e. The van der Waals surface area contributed by atoms with Gasteiger partial charge < -0.3 is 0 Å². The molecule has 2 rings (SSSR count). The van der Waals surface area contributed by atoms with Crippen molar-refractivity contribution in [2.75, 3.05) is 0 Å². The van der Waals surface area contributed by atoms with Crippen molar-refractivity contribution in [1.29, 1.82) is 0 Å². The van der Waals surface area contributed by atoms with E-state index in [0.717, 1.165) is 12.0 Å². The van der Waals surface area contributed by atoms with Crippen LogP contribution in [0.2, 0.25) is 10.0 Å². The Hall–Kier alpha value is -0.690. The van der Waals surface area contributed by atoms with E-state index in [1.807, 2.05) is 24.3 Å². The summed E-state index contributed by atoms with van der Waals surface area (Å²) in [5, 5.41) is 1.11. The highest BCUT2D eigenvalue weighted by atomic mass is 35.5. The number of hydrogen-bond donors (Lipinski definition) is 0. The summed E-state index contributed by atoms with van der Waals surface area (Å²) in [7, 11) is 0. The summed E-state index contributed by atoms with van der Waals surface area (Å²) < 4.78 is 0. The molecule has 3 heteroatoms. The molecule has 0 saturated carbocycles. The molecule has 0 aliphatic heterocycles. The highest BCUT2D eigenvalue weighted by molar-refractivity contribution is 6.35. The first kappa shape index (κ1) is 13.7. The Bertz CT molecular complexity index is 549. The van der Waals surface area contributed by atoms with Gasteiger partial charge in [0.25, 0.3) is 0 Å². The van der Waals surface area contributed by atoms with Crippen LogP contribution in [0.4, 0.5) is 0 Å². The molecule has 18 heavy (non-hydrogen) atoms. The van der Waals surface area contributed by atoms with Crippen molar-refractivity contribution in [1.82, 2.24) is 0 Å². The molecule has 0 nitrogen and oxygen atoms in total. The monoisotopic (exact) mass is 298 g/mol. The van der Waals surface area contributed by atoms with Crippen molar-refractivity contribution in [3.8, 4) is 0 Å². The summed E-state index contributed by atoms with van der Waals surface area (Å²) in [5.41, 5.74) is 3.41.